The number of allylic oxidation sites excluding steroid dienone is 2. The van der Waals surface area contributed by atoms with Crippen molar-refractivity contribution in [2.24, 2.45) is 0 Å². The molecule has 3 aromatic rings. The molecule has 0 aromatic heterocycles. The summed E-state index contributed by atoms with van der Waals surface area (Å²) in [5, 5.41) is 22.2. The van der Waals surface area contributed by atoms with Gasteiger partial charge in [0.05, 0.1) is 5.97 Å². The van der Waals surface area contributed by atoms with Gasteiger partial charge in [-0.05, 0) is 66.3 Å². The van der Waals surface area contributed by atoms with Gasteiger partial charge < -0.3 is 25.1 Å². The first-order valence-corrected chi connectivity index (χ1v) is 15.3. The average molecular weight is 646 g/mol. The van der Waals surface area contributed by atoms with Crippen molar-refractivity contribution in [1.82, 2.24) is 5.32 Å². The Bertz CT molecular complexity index is 1740. The average Bonchev–Trinajstić information content (AvgIpc) is 3.45. The van der Waals surface area contributed by atoms with Gasteiger partial charge in [0.2, 0.25) is 15.1 Å². The van der Waals surface area contributed by atoms with Crippen LogP contribution in [0.3, 0.4) is 0 Å². The highest BCUT2D eigenvalue weighted by Crippen LogP contribution is 2.33. The van der Waals surface area contributed by atoms with E-state index >= 15 is 0 Å². The molecule has 1 aliphatic carbocycles. The maximum absolute atomic E-state index is 13.8. The zero-order valence-corrected chi connectivity index (χ0v) is 24.4. The number of alkyl halides is 3. The minimum Gasteiger partial charge on any atom is -0.547 e. The van der Waals surface area contributed by atoms with Crippen LogP contribution in [0.15, 0.2) is 71.6 Å². The molecule has 3 aromatic carbocycles. The minimum atomic E-state index is -5.16. The number of aliphatic carboxylic acids is 1. The van der Waals surface area contributed by atoms with Crippen molar-refractivity contribution in [1.29, 1.82) is 0 Å². The molecular weight excluding hydrogens is 619 g/mol. The Morgan fingerprint density at radius 1 is 0.956 bits per heavy atom. The van der Waals surface area contributed by atoms with Gasteiger partial charge in [-0.15, -0.1) is 13.2 Å². The Balaban J connectivity index is 1.70. The van der Waals surface area contributed by atoms with Gasteiger partial charge in [-0.2, -0.15) is 4.55 Å². The number of carbonyl (C=O) groups excluding carboxylic acids is 4. The summed E-state index contributed by atoms with van der Waals surface area (Å²) in [7, 11) is -4.03. The first-order chi connectivity index (χ1) is 21.0. The van der Waals surface area contributed by atoms with Crippen LogP contribution in [0, 0.1) is 0 Å². The van der Waals surface area contributed by atoms with E-state index in [9.17, 15) is 51.3 Å². The number of Topliss-reactive ketones (excluding diaryl/α,β-unsaturated/α-hetero) is 1. The molecule has 10 nitrogen and oxygen atoms in total. The quantitative estimate of drug-likeness (QED) is 0.161. The summed E-state index contributed by atoms with van der Waals surface area (Å²) in [6.45, 7) is -0.608. The first kappa shape index (κ1) is 33.2. The second-order valence-electron chi connectivity index (χ2n) is 10.2. The van der Waals surface area contributed by atoms with Crippen molar-refractivity contribution in [3.63, 3.8) is 0 Å². The van der Waals surface area contributed by atoms with E-state index in [1.54, 1.807) is 12.1 Å². The minimum absolute atomic E-state index is 0.0390. The monoisotopic (exact) mass is 645 g/mol. The summed E-state index contributed by atoms with van der Waals surface area (Å²) in [5.41, 5.74) is 2.18. The number of ketones is 2. The zero-order chi connectivity index (χ0) is 33.1. The standard InChI is InChI=1S/C31H26F3NO9S/c1-45(42,43)27-14-22(11-12-26(27)44-31(32,33)34)24(36)15-23(21-10-5-17-3-2-4-20(17)13-21)28(38)18-6-8-19(9-7-18)29(39)35-16-25(37)30(40)41/h5-15,25,37H,2-4,16H2,1H3,(H2-,35,39,40,41,42,43)/b23-15-/t25-/m1/s1. The third-order valence-electron chi connectivity index (χ3n) is 6.93. The van der Waals surface area contributed by atoms with E-state index in [-0.39, 0.29) is 22.3 Å². The van der Waals surface area contributed by atoms with E-state index in [1.165, 1.54) is 24.3 Å². The summed E-state index contributed by atoms with van der Waals surface area (Å²) in [4.78, 5) is 49.4. The highest BCUT2D eigenvalue weighted by atomic mass is 32.3. The van der Waals surface area contributed by atoms with Gasteiger partial charge in [0.15, 0.2) is 17.3 Å². The fraction of sp³-hybridized carbons (Fsp3) is 0.226. The van der Waals surface area contributed by atoms with Gasteiger partial charge in [0.25, 0.3) is 5.91 Å². The number of rotatable bonds is 11. The first-order valence-electron chi connectivity index (χ1n) is 13.3. The van der Waals surface area contributed by atoms with Crippen LogP contribution in [-0.4, -0.2) is 58.4 Å². The number of nitrogens with one attached hydrogen (secondary N) is 1. The Labute approximate surface area is 255 Å². The number of carboxylic acid groups (broad SMARTS) is 1. The molecule has 0 heterocycles. The SMILES string of the molecule is C[S+](=O)(O)c1cc(C(=O)/C=C(\C(=O)c2ccc(C(=O)NC[C@@H](O)C(=O)[O-])cc2)c2ccc3c(c2)CCC3)ccc1OC(F)(F)F. The van der Waals surface area contributed by atoms with Crippen LogP contribution < -0.4 is 15.2 Å². The van der Waals surface area contributed by atoms with Gasteiger partial charge in [0, 0.05) is 34.9 Å². The van der Waals surface area contributed by atoms with Crippen molar-refractivity contribution in [3.05, 3.63) is 100 Å². The third kappa shape index (κ3) is 8.29. The number of carboxylic acids is 1. The van der Waals surface area contributed by atoms with Crippen LogP contribution in [0.25, 0.3) is 5.57 Å². The number of aliphatic hydroxyl groups excluding tert-OH is 1. The molecule has 3 N–H and O–H groups in total. The molecule has 1 unspecified atom stereocenters. The molecule has 0 fully saturated rings. The number of fused-ring (bicyclic) bond motifs is 1. The van der Waals surface area contributed by atoms with Crippen molar-refractivity contribution in [3.8, 4) is 5.75 Å². The number of hydrogen-bond acceptors (Lipinski definition) is 8. The Morgan fingerprint density at radius 2 is 1.56 bits per heavy atom. The molecule has 0 saturated heterocycles. The highest BCUT2D eigenvalue weighted by Gasteiger charge is 2.37. The lowest BCUT2D eigenvalue weighted by Gasteiger charge is -2.13. The molecule has 1 aliphatic rings. The Kier molecular flexibility index (Phi) is 9.71. The Hall–Kier alpha value is -4.66. The fourth-order valence-electron chi connectivity index (χ4n) is 4.70. The second-order valence-corrected chi connectivity index (χ2v) is 12.3. The van der Waals surface area contributed by atoms with Crippen LogP contribution in [0.1, 0.15) is 54.2 Å². The molecule has 0 spiro atoms. The number of aryl methyl sites for hydroxylation is 2. The fourth-order valence-corrected chi connectivity index (χ4v) is 5.53. The molecule has 236 valence electrons. The summed E-state index contributed by atoms with van der Waals surface area (Å²) in [5.74, 6) is -4.93. The van der Waals surface area contributed by atoms with E-state index in [2.05, 4.69) is 10.1 Å². The number of hydrogen-bond donors (Lipinski definition) is 3. The molecule has 1 amide bonds. The summed E-state index contributed by atoms with van der Waals surface area (Å²) in [6, 6.07) is 12.9. The summed E-state index contributed by atoms with van der Waals surface area (Å²) >= 11 is 0. The van der Waals surface area contributed by atoms with Crippen molar-refractivity contribution in [2.45, 2.75) is 36.6 Å². The largest absolute Gasteiger partial charge is 0.573 e. The van der Waals surface area contributed by atoms with Crippen molar-refractivity contribution < 1.29 is 56.1 Å². The number of amides is 1. The lowest BCUT2D eigenvalue weighted by molar-refractivity contribution is -0.314. The predicted octanol–water partition coefficient (Wildman–Crippen LogP) is 3.02. The van der Waals surface area contributed by atoms with Crippen LogP contribution in [-0.2, 0) is 32.1 Å². The maximum Gasteiger partial charge on any atom is 0.573 e. The maximum atomic E-state index is 13.8. The lowest BCUT2D eigenvalue weighted by Crippen LogP contribution is -2.43. The topological polar surface area (TPSA) is 170 Å². The molecule has 0 radical (unpaired) electrons. The highest BCUT2D eigenvalue weighted by molar-refractivity contribution is 7.97. The van der Waals surface area contributed by atoms with Gasteiger partial charge in [-0.3, -0.25) is 14.4 Å². The molecule has 0 saturated carbocycles. The molecule has 14 heteroatoms. The van der Waals surface area contributed by atoms with Gasteiger partial charge in [-0.25, -0.2) is 0 Å². The normalized spacial score (nSPS) is 15.0. The van der Waals surface area contributed by atoms with Crippen LogP contribution >= 0.6 is 0 Å². The van der Waals surface area contributed by atoms with Crippen LogP contribution in [0.5, 0.6) is 5.75 Å². The number of benzene rings is 3. The predicted molar refractivity (Wildman–Crippen MR) is 153 cm³/mol. The molecular formula is C31H26F3NO9S. The van der Waals surface area contributed by atoms with Gasteiger partial charge in [-0.1, -0.05) is 34.5 Å². The zero-order valence-electron chi connectivity index (χ0n) is 23.6. The lowest BCUT2D eigenvalue weighted by atomic mass is 9.92. The molecule has 0 aliphatic heterocycles. The number of carbonyl (C=O) groups is 4. The van der Waals surface area contributed by atoms with Crippen LogP contribution in [0.4, 0.5) is 13.2 Å². The molecule has 2 atom stereocenters. The molecule has 4 rings (SSSR count). The van der Waals surface area contributed by atoms with Crippen LogP contribution in [0.2, 0.25) is 0 Å². The molecule has 45 heavy (non-hydrogen) atoms. The number of ether oxygens (including phenoxy) is 1. The molecule has 0 bridgehead atoms. The van der Waals surface area contributed by atoms with E-state index in [4.69, 9.17) is 0 Å². The van der Waals surface area contributed by atoms with E-state index in [0.717, 1.165) is 60.9 Å². The smallest absolute Gasteiger partial charge is 0.547 e. The third-order valence-corrected chi connectivity index (χ3v) is 8.06. The van der Waals surface area contributed by atoms with E-state index in [0.29, 0.717) is 5.56 Å². The summed E-state index contributed by atoms with van der Waals surface area (Å²) < 4.78 is 64.9. The summed E-state index contributed by atoms with van der Waals surface area (Å²) in [6.07, 6.45) is -2.83. The second kappa shape index (κ2) is 13.1. The van der Waals surface area contributed by atoms with E-state index < -0.39 is 63.3 Å². The van der Waals surface area contributed by atoms with Crippen molar-refractivity contribution >= 4 is 39.2 Å². The van der Waals surface area contributed by atoms with Gasteiger partial charge in [0.1, 0.15) is 12.4 Å². The number of aliphatic hydroxyl groups is 1. The Morgan fingerprint density at radius 3 is 2.18 bits per heavy atom. The van der Waals surface area contributed by atoms with E-state index in [1.807, 2.05) is 6.07 Å². The van der Waals surface area contributed by atoms with Gasteiger partial charge >= 0.3 is 6.36 Å². The van der Waals surface area contributed by atoms with Crippen molar-refractivity contribution in [2.75, 3.05) is 12.8 Å². The number of halogens is 3.